The Morgan fingerprint density at radius 3 is 2.86 bits per heavy atom. The van der Waals surface area contributed by atoms with Gasteiger partial charge in [0.2, 0.25) is 0 Å². The number of hydrogen-bond acceptors (Lipinski definition) is 3. The summed E-state index contributed by atoms with van der Waals surface area (Å²) in [4.78, 5) is 4.34. The molecule has 1 aromatic heterocycles. The summed E-state index contributed by atoms with van der Waals surface area (Å²) in [5, 5.41) is 0.943. The van der Waals surface area contributed by atoms with Crippen LogP contribution in [0.4, 0.5) is 5.69 Å². The van der Waals surface area contributed by atoms with Gasteiger partial charge in [0.05, 0.1) is 11.2 Å². The molecule has 21 heavy (non-hydrogen) atoms. The van der Waals surface area contributed by atoms with E-state index >= 15 is 0 Å². The molecule has 0 unspecified atom stereocenters. The van der Waals surface area contributed by atoms with E-state index in [2.05, 4.69) is 17.1 Å². The summed E-state index contributed by atoms with van der Waals surface area (Å²) in [7, 11) is 0. The number of pyridine rings is 1. The van der Waals surface area contributed by atoms with Crippen LogP contribution in [0, 0.1) is 0 Å². The Kier molecular flexibility index (Phi) is 2.78. The number of benzene rings is 2. The monoisotopic (exact) mass is 276 g/mol. The van der Waals surface area contributed by atoms with Crippen molar-refractivity contribution in [2.24, 2.45) is 0 Å². The van der Waals surface area contributed by atoms with Crippen LogP contribution in [0.25, 0.3) is 10.9 Å². The quantitative estimate of drug-likeness (QED) is 0.717. The van der Waals surface area contributed by atoms with Gasteiger partial charge in [0, 0.05) is 11.6 Å². The zero-order chi connectivity index (χ0) is 14.2. The minimum atomic E-state index is 0.673. The van der Waals surface area contributed by atoms with E-state index in [0.717, 1.165) is 28.8 Å². The topological polar surface area (TPSA) is 48.1 Å². The first-order valence-electron chi connectivity index (χ1n) is 7.24. The average Bonchev–Trinajstić information content (AvgIpc) is 2.98. The van der Waals surface area contributed by atoms with Crippen LogP contribution in [0.15, 0.2) is 48.7 Å². The zero-order valence-corrected chi connectivity index (χ0v) is 11.7. The molecule has 2 N–H and O–H groups in total. The zero-order valence-electron chi connectivity index (χ0n) is 11.7. The number of nitrogens with zero attached hydrogens (tertiary/aromatic N) is 1. The molecule has 0 saturated heterocycles. The Morgan fingerprint density at radius 2 is 1.90 bits per heavy atom. The normalized spacial score (nSPS) is 13.3. The number of aryl methyl sites for hydroxylation is 2. The van der Waals surface area contributed by atoms with E-state index < -0.39 is 0 Å². The lowest BCUT2D eigenvalue weighted by molar-refractivity contribution is 0.487. The molecule has 0 atom stereocenters. The number of aromatic nitrogens is 1. The molecule has 1 heterocycles. The number of anilines is 1. The molecular weight excluding hydrogens is 260 g/mol. The van der Waals surface area contributed by atoms with Crippen molar-refractivity contribution in [1.29, 1.82) is 0 Å². The fourth-order valence-corrected chi connectivity index (χ4v) is 3.00. The van der Waals surface area contributed by atoms with Gasteiger partial charge in [-0.1, -0.05) is 6.07 Å². The van der Waals surface area contributed by atoms with Crippen LogP contribution in [-0.2, 0) is 12.8 Å². The molecule has 0 spiro atoms. The van der Waals surface area contributed by atoms with Gasteiger partial charge in [-0.2, -0.15) is 0 Å². The third-order valence-electron chi connectivity index (χ3n) is 4.06. The first kappa shape index (κ1) is 12.2. The molecule has 4 rings (SSSR count). The smallest absolute Gasteiger partial charge is 0.136 e. The van der Waals surface area contributed by atoms with E-state index in [-0.39, 0.29) is 0 Å². The second kappa shape index (κ2) is 4.77. The molecule has 0 radical (unpaired) electrons. The molecule has 1 aliphatic carbocycles. The Balaban J connectivity index is 1.76. The summed E-state index contributed by atoms with van der Waals surface area (Å²) in [5.41, 5.74) is 10.3. The molecule has 1 aliphatic rings. The molecule has 0 aliphatic heterocycles. The van der Waals surface area contributed by atoms with Crippen molar-refractivity contribution < 1.29 is 4.74 Å². The summed E-state index contributed by atoms with van der Waals surface area (Å²) in [5.74, 6) is 1.68. The van der Waals surface area contributed by atoms with Gasteiger partial charge in [-0.3, -0.25) is 4.98 Å². The largest absolute Gasteiger partial charge is 0.457 e. The molecule has 0 bridgehead atoms. The maximum absolute atomic E-state index is 6.08. The van der Waals surface area contributed by atoms with Crippen molar-refractivity contribution in [3.63, 3.8) is 0 Å². The van der Waals surface area contributed by atoms with Crippen LogP contribution in [0.1, 0.15) is 17.5 Å². The van der Waals surface area contributed by atoms with Crippen molar-refractivity contribution in [2.75, 3.05) is 5.73 Å². The number of hydrogen-bond donors (Lipinski definition) is 1. The van der Waals surface area contributed by atoms with E-state index in [4.69, 9.17) is 10.5 Å². The molecule has 3 aromatic rings. The van der Waals surface area contributed by atoms with Gasteiger partial charge in [0.1, 0.15) is 11.5 Å². The molecule has 0 fully saturated rings. The van der Waals surface area contributed by atoms with Gasteiger partial charge in [0.25, 0.3) is 0 Å². The summed E-state index contributed by atoms with van der Waals surface area (Å²) >= 11 is 0. The van der Waals surface area contributed by atoms with Crippen molar-refractivity contribution >= 4 is 16.6 Å². The van der Waals surface area contributed by atoms with Gasteiger partial charge in [-0.25, -0.2) is 0 Å². The van der Waals surface area contributed by atoms with Gasteiger partial charge in [0.15, 0.2) is 0 Å². The highest BCUT2D eigenvalue weighted by atomic mass is 16.5. The van der Waals surface area contributed by atoms with Crippen LogP contribution < -0.4 is 10.5 Å². The molecular formula is C18H16N2O. The minimum Gasteiger partial charge on any atom is -0.457 e. The third kappa shape index (κ3) is 2.11. The van der Waals surface area contributed by atoms with E-state index in [9.17, 15) is 0 Å². The molecule has 3 heteroatoms. The van der Waals surface area contributed by atoms with Gasteiger partial charge in [-0.05, 0) is 66.8 Å². The second-order valence-corrected chi connectivity index (χ2v) is 5.44. The maximum atomic E-state index is 6.08. The van der Waals surface area contributed by atoms with Gasteiger partial charge < -0.3 is 10.5 Å². The van der Waals surface area contributed by atoms with Crippen molar-refractivity contribution in [3.05, 3.63) is 59.8 Å². The number of nitrogens with two attached hydrogens (primary N) is 1. The highest BCUT2D eigenvalue weighted by molar-refractivity contribution is 5.93. The summed E-state index contributed by atoms with van der Waals surface area (Å²) < 4.78 is 6.08. The maximum Gasteiger partial charge on any atom is 0.136 e. The average molecular weight is 276 g/mol. The van der Waals surface area contributed by atoms with Crippen LogP contribution in [0.3, 0.4) is 0 Å². The standard InChI is InChI=1S/C18H16N2O/c19-16-8-9-17(15-5-2-10-20-18(15)16)21-14-7-6-12-3-1-4-13(12)11-14/h2,5-11H,1,3-4,19H2. The highest BCUT2D eigenvalue weighted by Crippen LogP contribution is 2.33. The van der Waals surface area contributed by atoms with E-state index in [1.54, 1.807) is 6.20 Å². The van der Waals surface area contributed by atoms with Crippen LogP contribution in [-0.4, -0.2) is 4.98 Å². The van der Waals surface area contributed by atoms with E-state index in [1.807, 2.05) is 30.3 Å². The summed E-state index contributed by atoms with van der Waals surface area (Å²) in [6, 6.07) is 14.0. The molecule has 2 aromatic carbocycles. The Bertz CT molecular complexity index is 827. The first-order valence-corrected chi connectivity index (χ1v) is 7.24. The summed E-state index contributed by atoms with van der Waals surface area (Å²) in [6.45, 7) is 0. The lowest BCUT2D eigenvalue weighted by Gasteiger charge is -2.11. The fourth-order valence-electron chi connectivity index (χ4n) is 3.00. The summed E-state index contributed by atoms with van der Waals surface area (Å²) in [6.07, 6.45) is 5.33. The predicted molar refractivity (Wildman–Crippen MR) is 84.7 cm³/mol. The van der Waals surface area contributed by atoms with Crippen LogP contribution in [0.5, 0.6) is 11.5 Å². The Hall–Kier alpha value is -2.55. The fraction of sp³-hybridized carbons (Fsp3) is 0.167. The van der Waals surface area contributed by atoms with Crippen molar-refractivity contribution in [3.8, 4) is 11.5 Å². The van der Waals surface area contributed by atoms with Crippen molar-refractivity contribution in [1.82, 2.24) is 4.98 Å². The first-order chi connectivity index (χ1) is 10.3. The van der Waals surface area contributed by atoms with Crippen molar-refractivity contribution in [2.45, 2.75) is 19.3 Å². The molecule has 0 saturated carbocycles. The molecule has 0 amide bonds. The van der Waals surface area contributed by atoms with Gasteiger partial charge >= 0.3 is 0 Å². The second-order valence-electron chi connectivity index (χ2n) is 5.44. The van der Waals surface area contributed by atoms with Gasteiger partial charge in [-0.15, -0.1) is 0 Å². The SMILES string of the molecule is Nc1ccc(Oc2ccc3c(c2)CCC3)c2cccnc12. The number of rotatable bonds is 2. The predicted octanol–water partition coefficient (Wildman–Crippen LogP) is 4.10. The number of fused-ring (bicyclic) bond motifs is 2. The third-order valence-corrected chi connectivity index (χ3v) is 4.06. The Morgan fingerprint density at radius 1 is 1.00 bits per heavy atom. The van der Waals surface area contributed by atoms with E-state index in [1.165, 1.54) is 24.0 Å². The van der Waals surface area contributed by atoms with E-state index in [0.29, 0.717) is 5.69 Å². The number of nitrogen functional groups attached to an aromatic ring is 1. The molecule has 3 nitrogen and oxygen atoms in total. The molecule has 104 valence electrons. The minimum absolute atomic E-state index is 0.673. The lowest BCUT2D eigenvalue weighted by atomic mass is 10.1. The number of ether oxygens (including phenoxy) is 1. The van der Waals surface area contributed by atoms with Crippen LogP contribution in [0.2, 0.25) is 0 Å². The Labute approximate surface area is 123 Å². The van der Waals surface area contributed by atoms with Crippen LogP contribution >= 0.6 is 0 Å². The lowest BCUT2D eigenvalue weighted by Crippen LogP contribution is -1.93. The highest BCUT2D eigenvalue weighted by Gasteiger charge is 2.12.